The van der Waals surface area contributed by atoms with Gasteiger partial charge in [-0.2, -0.15) is 4.99 Å². The van der Waals surface area contributed by atoms with Gasteiger partial charge in [0.15, 0.2) is 5.70 Å². The molecular weight excluding hydrogens is 194 g/mol. The average Bonchev–Trinajstić information content (AvgIpc) is 2.70. The molecule has 0 atom stereocenters. The van der Waals surface area contributed by atoms with Crippen molar-refractivity contribution >= 4 is 12.0 Å². The lowest BCUT2D eigenvalue weighted by Gasteiger charge is -2.03. The SMILES string of the molecule is CCOC(=O)/C(=C/[C]1[CH][CH][CH][CH]1)N=C=O. The Hall–Kier alpha value is -1.41. The first-order valence-corrected chi connectivity index (χ1v) is 4.46. The molecule has 4 nitrogen and oxygen atoms in total. The van der Waals surface area contributed by atoms with Gasteiger partial charge < -0.3 is 4.74 Å². The molecule has 0 aromatic rings. The number of isocyanates is 1. The maximum atomic E-state index is 11.3. The van der Waals surface area contributed by atoms with Crippen molar-refractivity contribution in [3.63, 3.8) is 0 Å². The third-order valence-corrected chi connectivity index (χ3v) is 1.64. The van der Waals surface area contributed by atoms with Crippen molar-refractivity contribution in [1.29, 1.82) is 0 Å². The van der Waals surface area contributed by atoms with Crippen LogP contribution in [0.4, 0.5) is 0 Å². The number of hydrogen-bond donors (Lipinski definition) is 0. The molecule has 0 N–H and O–H groups in total. The first-order valence-electron chi connectivity index (χ1n) is 4.46. The van der Waals surface area contributed by atoms with E-state index in [-0.39, 0.29) is 12.3 Å². The van der Waals surface area contributed by atoms with Gasteiger partial charge in [-0.3, -0.25) is 0 Å². The van der Waals surface area contributed by atoms with E-state index in [1.165, 1.54) is 12.2 Å². The van der Waals surface area contributed by atoms with Crippen LogP contribution in [0.5, 0.6) is 0 Å². The fraction of sp³-hybridized carbons (Fsp3) is 0.182. The van der Waals surface area contributed by atoms with E-state index in [0.717, 1.165) is 5.92 Å². The number of rotatable bonds is 4. The Morgan fingerprint density at radius 1 is 1.53 bits per heavy atom. The van der Waals surface area contributed by atoms with Crippen LogP contribution in [-0.4, -0.2) is 18.7 Å². The summed E-state index contributed by atoms with van der Waals surface area (Å²) >= 11 is 0. The summed E-state index contributed by atoms with van der Waals surface area (Å²) in [6.07, 6.45) is 10.0. The number of carbonyl (C=O) groups is 1. The predicted octanol–water partition coefficient (Wildman–Crippen LogP) is 1.17. The molecule has 0 bridgehead atoms. The number of esters is 1. The molecule has 1 fully saturated rings. The Balaban J connectivity index is 2.71. The molecule has 0 heterocycles. The smallest absolute Gasteiger partial charge is 0.357 e. The molecule has 1 aliphatic carbocycles. The summed E-state index contributed by atoms with van der Waals surface area (Å²) in [6, 6.07) is 0. The van der Waals surface area contributed by atoms with Gasteiger partial charge in [-0.15, -0.1) is 0 Å². The highest BCUT2D eigenvalue weighted by molar-refractivity contribution is 5.89. The van der Waals surface area contributed by atoms with Gasteiger partial charge in [-0.05, 0) is 38.7 Å². The molecule has 1 rings (SSSR count). The van der Waals surface area contributed by atoms with E-state index in [9.17, 15) is 9.59 Å². The molecule has 15 heavy (non-hydrogen) atoms. The van der Waals surface area contributed by atoms with Gasteiger partial charge in [0.1, 0.15) is 0 Å². The molecule has 4 heteroatoms. The Morgan fingerprint density at radius 2 is 2.20 bits per heavy atom. The third-order valence-electron chi connectivity index (χ3n) is 1.64. The molecule has 0 spiro atoms. The van der Waals surface area contributed by atoms with E-state index in [0.29, 0.717) is 0 Å². The van der Waals surface area contributed by atoms with Crippen LogP contribution in [0.2, 0.25) is 0 Å². The van der Waals surface area contributed by atoms with Gasteiger partial charge in [-0.1, -0.05) is 0 Å². The Morgan fingerprint density at radius 3 is 2.73 bits per heavy atom. The van der Waals surface area contributed by atoms with E-state index < -0.39 is 5.97 Å². The molecule has 77 valence electrons. The van der Waals surface area contributed by atoms with Gasteiger partial charge in [0, 0.05) is 5.92 Å². The first-order chi connectivity index (χ1) is 7.27. The number of carbonyl (C=O) groups excluding carboxylic acids is 2. The average molecular weight is 204 g/mol. The second-order valence-electron chi connectivity index (χ2n) is 2.67. The summed E-state index contributed by atoms with van der Waals surface area (Å²) in [6.45, 7) is 1.92. The summed E-state index contributed by atoms with van der Waals surface area (Å²) in [5.41, 5.74) is -0.0435. The maximum absolute atomic E-state index is 11.3. The maximum Gasteiger partial charge on any atom is 0.357 e. The summed E-state index contributed by atoms with van der Waals surface area (Å²) in [7, 11) is 0. The van der Waals surface area contributed by atoms with E-state index in [4.69, 9.17) is 4.74 Å². The van der Waals surface area contributed by atoms with Crippen molar-refractivity contribution in [3.05, 3.63) is 43.4 Å². The van der Waals surface area contributed by atoms with Crippen LogP contribution >= 0.6 is 0 Å². The first kappa shape index (κ1) is 11.7. The predicted molar refractivity (Wildman–Crippen MR) is 53.3 cm³/mol. The lowest BCUT2D eigenvalue weighted by molar-refractivity contribution is -0.138. The summed E-state index contributed by atoms with van der Waals surface area (Å²) in [4.78, 5) is 24.7. The Kier molecular flexibility index (Phi) is 4.78. The van der Waals surface area contributed by atoms with Crippen LogP contribution in [0.15, 0.2) is 16.8 Å². The molecule has 1 aliphatic rings. The molecule has 1 saturated carbocycles. The van der Waals surface area contributed by atoms with Gasteiger partial charge >= 0.3 is 5.97 Å². The number of aliphatic imine (C=N–C) groups is 1. The van der Waals surface area contributed by atoms with E-state index in [1.54, 1.807) is 19.8 Å². The molecule has 0 aromatic heterocycles. The van der Waals surface area contributed by atoms with E-state index in [2.05, 4.69) is 4.99 Å². The lowest BCUT2D eigenvalue weighted by Crippen LogP contribution is -2.07. The van der Waals surface area contributed by atoms with Crippen LogP contribution in [0.25, 0.3) is 0 Å². The van der Waals surface area contributed by atoms with Gasteiger partial charge in [0.25, 0.3) is 0 Å². The summed E-state index contributed by atoms with van der Waals surface area (Å²) < 4.78 is 4.73. The number of ether oxygens (including phenoxy) is 1. The highest BCUT2D eigenvalue weighted by Gasteiger charge is 2.18. The zero-order chi connectivity index (χ0) is 11.1. The second-order valence-corrected chi connectivity index (χ2v) is 2.67. The quantitative estimate of drug-likeness (QED) is 0.299. The van der Waals surface area contributed by atoms with Crippen molar-refractivity contribution in [2.45, 2.75) is 6.92 Å². The lowest BCUT2D eigenvalue weighted by atomic mass is 10.1. The highest BCUT2D eigenvalue weighted by Crippen LogP contribution is 2.25. The van der Waals surface area contributed by atoms with Crippen molar-refractivity contribution in [2.75, 3.05) is 6.61 Å². The van der Waals surface area contributed by atoms with Gasteiger partial charge in [0.2, 0.25) is 6.08 Å². The van der Waals surface area contributed by atoms with Crippen molar-refractivity contribution in [1.82, 2.24) is 0 Å². The molecular formula is C11H10NO3. The Labute approximate surface area is 89.0 Å². The molecule has 0 amide bonds. The standard InChI is InChI=1S/C11H10NO3/c1-2-15-11(14)10(12-8-13)7-9-5-3-4-6-9/h3-7H,2H2,1H3/b10-7-. The van der Waals surface area contributed by atoms with E-state index >= 15 is 0 Å². The van der Waals surface area contributed by atoms with Crippen LogP contribution in [0.1, 0.15) is 6.92 Å². The highest BCUT2D eigenvalue weighted by atomic mass is 16.5. The fourth-order valence-electron chi connectivity index (χ4n) is 1.03. The molecule has 0 aromatic carbocycles. The minimum atomic E-state index is -0.623. The van der Waals surface area contributed by atoms with Gasteiger partial charge in [-0.25, -0.2) is 9.59 Å². The van der Waals surface area contributed by atoms with Crippen LogP contribution in [0, 0.1) is 31.6 Å². The normalized spacial score (nSPS) is 17.3. The summed E-state index contributed by atoms with van der Waals surface area (Å²) in [5.74, 6) is 0.166. The molecule has 0 unspecified atom stereocenters. The monoisotopic (exact) mass is 204 g/mol. The Bertz CT molecular complexity index is 297. The number of nitrogens with zero attached hydrogens (tertiary/aromatic N) is 1. The second kappa shape index (κ2) is 6.14. The summed E-state index contributed by atoms with van der Waals surface area (Å²) in [5, 5.41) is 0. The van der Waals surface area contributed by atoms with E-state index in [1.807, 2.05) is 12.8 Å². The van der Waals surface area contributed by atoms with Crippen LogP contribution in [0.3, 0.4) is 0 Å². The fourth-order valence-corrected chi connectivity index (χ4v) is 1.03. The third kappa shape index (κ3) is 3.68. The number of allylic oxidation sites excluding steroid dienone is 1. The molecule has 0 aliphatic heterocycles. The zero-order valence-corrected chi connectivity index (χ0v) is 8.27. The topological polar surface area (TPSA) is 55.7 Å². The molecule has 5 radical (unpaired) electrons. The van der Waals surface area contributed by atoms with Crippen LogP contribution in [-0.2, 0) is 14.3 Å². The zero-order valence-electron chi connectivity index (χ0n) is 8.27. The minimum absolute atomic E-state index is 0.0435. The molecule has 0 saturated heterocycles. The van der Waals surface area contributed by atoms with Crippen molar-refractivity contribution in [3.8, 4) is 0 Å². The minimum Gasteiger partial charge on any atom is -0.461 e. The van der Waals surface area contributed by atoms with Gasteiger partial charge in [0.05, 0.1) is 6.61 Å². The number of hydrogen-bond acceptors (Lipinski definition) is 4. The largest absolute Gasteiger partial charge is 0.461 e. The van der Waals surface area contributed by atoms with Crippen molar-refractivity contribution < 1.29 is 14.3 Å². The van der Waals surface area contributed by atoms with Crippen LogP contribution < -0.4 is 0 Å². The van der Waals surface area contributed by atoms with Crippen molar-refractivity contribution in [2.24, 2.45) is 4.99 Å².